The van der Waals surface area contributed by atoms with Crippen molar-refractivity contribution >= 4 is 26.6 Å². The van der Waals surface area contributed by atoms with Gasteiger partial charge in [-0.05, 0) is 37.2 Å². The maximum Gasteiger partial charge on any atom is 0.319 e. The fourth-order valence-corrected chi connectivity index (χ4v) is 3.36. The third-order valence-electron chi connectivity index (χ3n) is 2.45. The lowest BCUT2D eigenvalue weighted by Crippen LogP contribution is -2.28. The molecule has 19 heavy (non-hydrogen) atoms. The average Bonchev–Trinajstić information content (AvgIpc) is 2.34. The van der Waals surface area contributed by atoms with Gasteiger partial charge >= 0.3 is 5.97 Å². The van der Waals surface area contributed by atoms with Crippen LogP contribution in [0.1, 0.15) is 6.42 Å². The molecule has 0 aliphatic heterocycles. The normalized spacial score (nSPS) is 14.8. The van der Waals surface area contributed by atoms with Gasteiger partial charge < -0.3 is 10.8 Å². The van der Waals surface area contributed by atoms with Crippen molar-refractivity contribution in [3.63, 3.8) is 0 Å². The zero-order chi connectivity index (χ0) is 14.6. The first kappa shape index (κ1) is 15.8. The van der Waals surface area contributed by atoms with Crippen LogP contribution in [0.5, 0.6) is 0 Å². The molecule has 0 aliphatic rings. The van der Waals surface area contributed by atoms with Crippen molar-refractivity contribution in [2.75, 3.05) is 12.8 Å². The predicted octanol–water partition coefficient (Wildman–Crippen LogP) is -0.000300. The molecular formula is C11H15NO5S2. The van der Waals surface area contributed by atoms with Crippen molar-refractivity contribution in [3.05, 3.63) is 24.3 Å². The highest BCUT2D eigenvalue weighted by atomic mass is 32.2. The zero-order valence-corrected chi connectivity index (χ0v) is 11.9. The van der Waals surface area contributed by atoms with Crippen molar-refractivity contribution in [1.82, 2.24) is 0 Å². The van der Waals surface area contributed by atoms with Gasteiger partial charge in [0.1, 0.15) is 5.25 Å². The second kappa shape index (κ2) is 6.27. The fourth-order valence-electron chi connectivity index (χ4n) is 1.46. The lowest BCUT2D eigenvalue weighted by atomic mass is 10.3. The second-order valence-electron chi connectivity index (χ2n) is 3.95. The zero-order valence-electron chi connectivity index (χ0n) is 10.3. The molecule has 8 heteroatoms. The van der Waals surface area contributed by atoms with Crippen LogP contribution in [0.2, 0.25) is 0 Å². The average molecular weight is 305 g/mol. The van der Waals surface area contributed by atoms with E-state index in [2.05, 4.69) is 0 Å². The molecule has 0 amide bonds. The molecule has 106 valence electrons. The largest absolute Gasteiger partial charge is 0.480 e. The van der Waals surface area contributed by atoms with Crippen LogP contribution in [-0.4, -0.2) is 41.8 Å². The second-order valence-corrected chi connectivity index (χ2v) is 7.60. The Morgan fingerprint density at radius 2 is 1.89 bits per heavy atom. The van der Waals surface area contributed by atoms with Gasteiger partial charge in [0.15, 0.2) is 9.84 Å². The first-order valence-corrected chi connectivity index (χ1v) is 8.51. The molecule has 2 unspecified atom stereocenters. The van der Waals surface area contributed by atoms with E-state index in [1.807, 2.05) is 0 Å². The molecule has 0 aromatic heterocycles. The number of nitrogens with two attached hydrogens (primary N) is 1. The molecule has 1 aromatic rings. The van der Waals surface area contributed by atoms with Gasteiger partial charge in [0, 0.05) is 11.2 Å². The highest BCUT2D eigenvalue weighted by molar-refractivity contribution is 7.90. The van der Waals surface area contributed by atoms with E-state index in [-0.39, 0.29) is 22.8 Å². The molecule has 0 radical (unpaired) electrons. The number of sulfone groups is 1. The number of carbonyl (C=O) groups is 1. The molecule has 0 fully saturated rings. The molecule has 2 atom stereocenters. The van der Waals surface area contributed by atoms with Gasteiger partial charge in [-0.3, -0.25) is 9.00 Å². The number of benzene rings is 1. The number of carboxylic acids is 1. The summed E-state index contributed by atoms with van der Waals surface area (Å²) in [4.78, 5) is 11.4. The highest BCUT2D eigenvalue weighted by Crippen LogP contribution is 2.17. The van der Waals surface area contributed by atoms with E-state index in [9.17, 15) is 17.4 Å². The molecule has 1 rings (SSSR count). The lowest BCUT2D eigenvalue weighted by Gasteiger charge is -2.11. The topological polar surface area (TPSA) is 115 Å². The van der Waals surface area contributed by atoms with Crippen LogP contribution >= 0.6 is 0 Å². The molecule has 0 spiro atoms. The fraction of sp³-hybridized carbons (Fsp3) is 0.364. The monoisotopic (exact) mass is 305 g/mol. The molecule has 1 aromatic carbocycles. The Morgan fingerprint density at radius 1 is 1.37 bits per heavy atom. The summed E-state index contributed by atoms with van der Waals surface area (Å²) in [7, 11) is -5.09. The molecule has 3 N–H and O–H groups in total. The molecule has 0 aliphatic carbocycles. The van der Waals surface area contributed by atoms with Gasteiger partial charge in [-0.1, -0.05) is 0 Å². The van der Waals surface area contributed by atoms with Gasteiger partial charge in [0.25, 0.3) is 0 Å². The van der Waals surface area contributed by atoms with E-state index in [1.54, 1.807) is 0 Å². The molecule has 0 saturated carbocycles. The molecule has 0 saturated heterocycles. The Bertz CT molecular complexity index is 580. The molecule has 6 nitrogen and oxygen atoms in total. The maximum atomic E-state index is 12.1. The minimum absolute atomic E-state index is 0.0930. The van der Waals surface area contributed by atoms with Gasteiger partial charge in [0.2, 0.25) is 0 Å². The Labute approximate surface area is 114 Å². The van der Waals surface area contributed by atoms with Gasteiger partial charge in [-0.15, -0.1) is 0 Å². The van der Waals surface area contributed by atoms with Crippen LogP contribution < -0.4 is 5.73 Å². The standard InChI is InChI=1S/C11H15NO5S2/c1-19(16,17)9-4-2-8(3-5-9)18(15)10(6-7-12)11(13)14/h2-5,10H,6-7,12H2,1H3,(H,13,14). The summed E-state index contributed by atoms with van der Waals surface area (Å²) in [5, 5.41) is 7.89. The minimum Gasteiger partial charge on any atom is -0.480 e. The first-order valence-electron chi connectivity index (χ1n) is 5.41. The number of rotatable bonds is 6. The number of hydrogen-bond acceptors (Lipinski definition) is 5. The Balaban J connectivity index is 3.03. The van der Waals surface area contributed by atoms with Crippen LogP contribution in [0.15, 0.2) is 34.1 Å². The molecule has 0 bridgehead atoms. The summed E-state index contributed by atoms with van der Waals surface area (Å²) >= 11 is 0. The van der Waals surface area contributed by atoms with Crippen LogP contribution in [0.4, 0.5) is 0 Å². The van der Waals surface area contributed by atoms with E-state index < -0.39 is 31.9 Å². The molecular weight excluding hydrogens is 290 g/mol. The number of hydrogen-bond donors (Lipinski definition) is 2. The summed E-state index contributed by atoms with van der Waals surface area (Å²) in [5.74, 6) is -1.18. The lowest BCUT2D eigenvalue weighted by molar-refractivity contribution is -0.136. The number of aliphatic carboxylic acids is 1. The van der Waals surface area contributed by atoms with E-state index in [1.165, 1.54) is 24.3 Å². The highest BCUT2D eigenvalue weighted by Gasteiger charge is 2.25. The summed E-state index contributed by atoms with van der Waals surface area (Å²) in [6, 6.07) is 5.34. The van der Waals surface area contributed by atoms with Crippen LogP contribution in [-0.2, 0) is 25.4 Å². The van der Waals surface area contributed by atoms with E-state index in [4.69, 9.17) is 10.8 Å². The van der Waals surface area contributed by atoms with Gasteiger partial charge in [0.05, 0.1) is 15.7 Å². The summed E-state index contributed by atoms with van der Waals surface area (Å²) < 4.78 is 34.6. The van der Waals surface area contributed by atoms with Crippen LogP contribution in [0, 0.1) is 0 Å². The van der Waals surface area contributed by atoms with Crippen molar-refractivity contribution < 1.29 is 22.5 Å². The van der Waals surface area contributed by atoms with Crippen LogP contribution in [0.3, 0.4) is 0 Å². The third kappa shape index (κ3) is 4.12. The van der Waals surface area contributed by atoms with Crippen LogP contribution in [0.25, 0.3) is 0 Å². The predicted molar refractivity (Wildman–Crippen MR) is 71.1 cm³/mol. The molecule has 0 heterocycles. The quantitative estimate of drug-likeness (QED) is 0.764. The Morgan fingerprint density at radius 3 is 2.26 bits per heavy atom. The maximum absolute atomic E-state index is 12.1. The third-order valence-corrected chi connectivity index (χ3v) is 5.27. The first-order chi connectivity index (χ1) is 8.77. The Kier molecular flexibility index (Phi) is 5.21. The smallest absolute Gasteiger partial charge is 0.319 e. The minimum atomic E-state index is -3.33. The SMILES string of the molecule is CS(=O)(=O)c1ccc(S(=O)C(CCN)C(=O)O)cc1. The van der Waals surface area contributed by atoms with Gasteiger partial charge in [-0.2, -0.15) is 0 Å². The van der Waals surface area contributed by atoms with Gasteiger partial charge in [-0.25, -0.2) is 8.42 Å². The van der Waals surface area contributed by atoms with Crippen molar-refractivity contribution in [1.29, 1.82) is 0 Å². The van der Waals surface area contributed by atoms with E-state index in [0.717, 1.165) is 6.26 Å². The summed E-state index contributed by atoms with van der Waals surface area (Å²) in [6.45, 7) is 0.115. The van der Waals surface area contributed by atoms with Crippen molar-refractivity contribution in [3.8, 4) is 0 Å². The van der Waals surface area contributed by atoms with Crippen molar-refractivity contribution in [2.45, 2.75) is 21.5 Å². The number of carboxylic acid groups (broad SMARTS) is 1. The summed E-state index contributed by atoms with van der Waals surface area (Å²) in [5.41, 5.74) is 5.29. The summed E-state index contributed by atoms with van der Waals surface area (Å²) in [6.07, 6.45) is 1.16. The van der Waals surface area contributed by atoms with E-state index in [0.29, 0.717) is 0 Å². The van der Waals surface area contributed by atoms with E-state index >= 15 is 0 Å². The van der Waals surface area contributed by atoms with Crippen molar-refractivity contribution in [2.24, 2.45) is 5.73 Å². The Hall–Kier alpha value is -1.25.